The molecule has 0 saturated heterocycles. The standard InChI is InChI=1S/C15H22BrN.S7/c1-13(2)9-7-11(16)12(17)8-10(9)14(3,4)15(13,5)6;1-3-5-7-6-4-2/h7-8H,17H2,1-6H3;/i1D3,2D3,5D3;. The monoisotopic (exact) mass is 528 g/mol. The first-order valence-electron chi connectivity index (χ1n) is 10.9. The van der Waals surface area contributed by atoms with Crippen LogP contribution < -0.4 is 5.73 Å². The van der Waals surface area contributed by atoms with Crippen molar-refractivity contribution in [3.05, 3.63) is 27.7 Å². The summed E-state index contributed by atoms with van der Waals surface area (Å²) in [5.41, 5.74) is 0.589. The summed E-state index contributed by atoms with van der Waals surface area (Å²) in [5.74, 6) is 0. The molecule has 0 fully saturated rings. The van der Waals surface area contributed by atoms with Crippen molar-refractivity contribution in [1.82, 2.24) is 0 Å². The van der Waals surface area contributed by atoms with E-state index in [2.05, 4.69) is 38.3 Å². The molecule has 1 aromatic rings. The Balaban J connectivity index is 0.000000675. The van der Waals surface area contributed by atoms with Crippen molar-refractivity contribution < 1.29 is 12.3 Å². The first-order valence-corrected chi connectivity index (χ1v) is 15.2. The third-order valence-electron chi connectivity index (χ3n) is 4.33. The molecular formula is C15H22BrNS7. The van der Waals surface area contributed by atoms with Gasteiger partial charge in [-0.2, -0.15) is 0 Å². The Morgan fingerprint density at radius 3 is 1.96 bits per heavy atom. The summed E-state index contributed by atoms with van der Waals surface area (Å²) in [6.45, 7) is -4.66. The fraction of sp³-hybridized carbons (Fsp3) is 0.600. The smallest absolute Gasteiger partial charge is 0.0461 e. The number of nitrogen functional groups attached to an aromatic ring is 1. The summed E-state index contributed by atoms with van der Waals surface area (Å²) >= 11 is 12.4. The predicted molar refractivity (Wildman–Crippen MR) is 130 cm³/mol. The van der Waals surface area contributed by atoms with Crippen molar-refractivity contribution in [2.75, 3.05) is 5.73 Å². The molecule has 0 saturated carbocycles. The van der Waals surface area contributed by atoms with Gasteiger partial charge in [-0.3, -0.25) is 0 Å². The van der Waals surface area contributed by atoms with Crippen molar-refractivity contribution in [3.8, 4) is 0 Å². The van der Waals surface area contributed by atoms with E-state index in [9.17, 15) is 0 Å². The molecule has 0 amide bonds. The Labute approximate surface area is 190 Å². The Hall–Kier alpha value is 1.04. The van der Waals surface area contributed by atoms with E-state index in [1.54, 1.807) is 40.5 Å². The molecule has 2 N–H and O–H groups in total. The first-order chi connectivity index (χ1) is 14.7. The largest absolute Gasteiger partial charge is 0.398 e. The summed E-state index contributed by atoms with van der Waals surface area (Å²) in [6.07, 6.45) is 0. The molecule has 1 aliphatic carbocycles. The molecular weight excluding hydrogens is 499 g/mol. The zero-order valence-corrected chi connectivity index (χ0v) is 20.3. The van der Waals surface area contributed by atoms with Crippen molar-refractivity contribution in [2.45, 2.75) is 52.2 Å². The van der Waals surface area contributed by atoms with E-state index in [1.807, 2.05) is 0 Å². The molecule has 1 atom stereocenters. The van der Waals surface area contributed by atoms with Gasteiger partial charge in [-0.1, -0.05) is 41.3 Å². The molecule has 1 aliphatic rings. The van der Waals surface area contributed by atoms with Gasteiger partial charge >= 0.3 is 0 Å². The predicted octanol–water partition coefficient (Wildman–Crippen LogP) is 4.61. The fourth-order valence-electron chi connectivity index (χ4n) is 2.46. The lowest BCUT2D eigenvalue weighted by atomic mass is 9.59. The van der Waals surface area contributed by atoms with Gasteiger partial charge in [-0.25, -0.2) is 0 Å². The van der Waals surface area contributed by atoms with E-state index in [-0.39, 0.29) is 11.3 Å². The van der Waals surface area contributed by atoms with Gasteiger partial charge in [0, 0.05) is 89.3 Å². The van der Waals surface area contributed by atoms with Crippen LogP contribution in [0.3, 0.4) is 0 Å². The van der Waals surface area contributed by atoms with Crippen LogP contribution in [0.4, 0.5) is 5.69 Å². The highest BCUT2D eigenvalue weighted by atomic mass is 79.9. The van der Waals surface area contributed by atoms with Gasteiger partial charge < -0.3 is 5.73 Å². The molecule has 1 unspecified atom stereocenters. The molecule has 0 aromatic heterocycles. The van der Waals surface area contributed by atoms with Gasteiger partial charge in [-0.15, -0.1) is 0 Å². The van der Waals surface area contributed by atoms with Crippen LogP contribution in [0.2, 0.25) is 0 Å². The third kappa shape index (κ3) is 4.30. The summed E-state index contributed by atoms with van der Waals surface area (Å²) in [5, 5.41) is 0. The zero-order valence-electron chi connectivity index (χ0n) is 22.0. The van der Waals surface area contributed by atoms with Gasteiger partial charge in [0.25, 0.3) is 0 Å². The number of hydrogen-bond acceptors (Lipinski definition) is 3. The van der Waals surface area contributed by atoms with Crippen molar-refractivity contribution in [2.24, 2.45) is 5.41 Å². The van der Waals surface area contributed by atoms with Crippen LogP contribution >= 0.6 is 15.9 Å². The number of halogens is 1. The van der Waals surface area contributed by atoms with Crippen LogP contribution in [-0.4, -0.2) is 0 Å². The molecule has 24 heavy (non-hydrogen) atoms. The van der Waals surface area contributed by atoms with Gasteiger partial charge in [0.2, 0.25) is 0 Å². The topological polar surface area (TPSA) is 26.0 Å². The van der Waals surface area contributed by atoms with Crippen LogP contribution in [-0.2, 0) is 77.6 Å². The number of nitrogens with two attached hydrogens (primary N) is 1. The maximum Gasteiger partial charge on any atom is 0.0461 e. The lowest BCUT2D eigenvalue weighted by Gasteiger charge is -2.44. The van der Waals surface area contributed by atoms with Gasteiger partial charge in [-0.05, 0) is 55.4 Å². The third-order valence-corrected chi connectivity index (χ3v) is 13.9. The van der Waals surface area contributed by atoms with Crippen molar-refractivity contribution >= 4 is 88.4 Å². The van der Waals surface area contributed by atoms with E-state index < -0.39 is 36.8 Å². The van der Waals surface area contributed by atoms with Gasteiger partial charge in [0.15, 0.2) is 0 Å². The first kappa shape index (κ1) is 12.5. The van der Waals surface area contributed by atoms with Crippen LogP contribution in [0.5, 0.6) is 0 Å². The Morgan fingerprint density at radius 1 is 0.958 bits per heavy atom. The minimum absolute atomic E-state index is 0.0119. The maximum absolute atomic E-state index is 8.18. The number of benzene rings is 1. The molecule has 9 heteroatoms. The number of fused-ring (bicyclic) bond motifs is 1. The average Bonchev–Trinajstić information content (AvgIpc) is 2.78. The SMILES string of the molecule is S=S=S=S=S=S=S.[2H]C([2H])([2H])C1(C)C(C)(C)c2cc(N)c(Br)cc2C1(C([2H])([2H])[2H])C([2H])([2H])[2H]. The minimum atomic E-state index is -3.10. The highest BCUT2D eigenvalue weighted by Crippen LogP contribution is 2.62. The van der Waals surface area contributed by atoms with E-state index >= 15 is 0 Å². The Bertz CT molecular complexity index is 1090. The summed E-state index contributed by atoms with van der Waals surface area (Å²) in [6, 6.07) is 2.85. The number of hydrogen-bond donors (Lipinski definition) is 1. The molecule has 2 rings (SSSR count). The Morgan fingerprint density at radius 2 is 1.50 bits per heavy atom. The number of anilines is 1. The van der Waals surface area contributed by atoms with Gasteiger partial charge in [0.1, 0.15) is 0 Å². The van der Waals surface area contributed by atoms with E-state index in [4.69, 9.17) is 18.1 Å². The second-order valence-corrected chi connectivity index (χ2v) is 15.5. The van der Waals surface area contributed by atoms with Crippen LogP contribution in [0, 0.1) is 5.41 Å². The molecule has 0 heterocycles. The normalized spacial score (nSPS) is 29.6. The molecule has 0 spiro atoms. The molecule has 0 aliphatic heterocycles. The summed E-state index contributed by atoms with van der Waals surface area (Å²) in [7, 11) is 7.36. The molecule has 136 valence electrons. The Kier molecular flexibility index (Phi) is 4.59. The molecule has 1 nitrogen and oxygen atoms in total. The quantitative estimate of drug-likeness (QED) is 0.497. The summed E-state index contributed by atoms with van der Waals surface area (Å²) < 4.78 is 73.9. The molecule has 1 aromatic carbocycles. The highest BCUT2D eigenvalue weighted by molar-refractivity contribution is 9.10. The second kappa shape index (κ2) is 8.82. The molecule has 0 radical (unpaired) electrons. The zero-order chi connectivity index (χ0) is 26.3. The lowest BCUT2D eigenvalue weighted by molar-refractivity contribution is 0.125. The average molecular weight is 530 g/mol. The van der Waals surface area contributed by atoms with Crippen LogP contribution in [0.25, 0.3) is 0 Å². The van der Waals surface area contributed by atoms with E-state index in [0.29, 0.717) is 10.0 Å². The van der Waals surface area contributed by atoms with Crippen LogP contribution in [0.15, 0.2) is 16.6 Å². The van der Waals surface area contributed by atoms with Crippen molar-refractivity contribution in [3.63, 3.8) is 0 Å². The van der Waals surface area contributed by atoms with E-state index in [1.165, 1.54) is 36.8 Å². The van der Waals surface area contributed by atoms with Crippen molar-refractivity contribution in [1.29, 1.82) is 0 Å². The van der Waals surface area contributed by atoms with Gasteiger partial charge in [0.05, 0.1) is 0 Å². The minimum Gasteiger partial charge on any atom is -0.398 e. The second-order valence-electron chi connectivity index (χ2n) is 5.76. The fourth-order valence-corrected chi connectivity index (χ4v) is 11.0. The molecule has 0 bridgehead atoms. The lowest BCUT2D eigenvalue weighted by Crippen LogP contribution is -2.42. The number of rotatable bonds is 0. The van der Waals surface area contributed by atoms with Crippen LogP contribution in [0.1, 0.15) is 64.8 Å². The summed E-state index contributed by atoms with van der Waals surface area (Å²) in [4.78, 5) is 0. The van der Waals surface area contributed by atoms with E-state index in [0.717, 1.165) is 0 Å². The maximum atomic E-state index is 8.18. The highest BCUT2D eigenvalue weighted by Gasteiger charge is 2.56.